The SMILES string of the molecule is OC1(c2ccco2)C(c2cccc(F)c2)SC2=NCCCCN21. The van der Waals surface area contributed by atoms with Gasteiger partial charge in [-0.15, -0.1) is 0 Å². The van der Waals surface area contributed by atoms with Gasteiger partial charge in [0.25, 0.3) is 0 Å². The van der Waals surface area contributed by atoms with Crippen molar-refractivity contribution in [2.45, 2.75) is 23.8 Å². The fourth-order valence-electron chi connectivity index (χ4n) is 3.20. The lowest BCUT2D eigenvalue weighted by atomic mass is 9.97. The second kappa shape index (κ2) is 5.69. The minimum Gasteiger partial charge on any atom is -0.464 e. The first kappa shape index (κ1) is 14.8. The monoisotopic (exact) mass is 332 g/mol. The lowest BCUT2D eigenvalue weighted by Gasteiger charge is -2.35. The number of thioether (sulfide) groups is 1. The zero-order valence-corrected chi connectivity index (χ0v) is 13.3. The lowest BCUT2D eigenvalue weighted by Crippen LogP contribution is -2.46. The standard InChI is InChI=1S/C17H17FN2O2S/c18-13-6-3-5-12(11-13)15-17(21,14-7-4-10-22-14)20-9-2-1-8-19-16(20)23-15/h3-7,10-11,15,21H,1-2,8-9H2. The molecule has 1 N–H and O–H groups in total. The number of benzene rings is 1. The maximum Gasteiger partial charge on any atom is 0.216 e. The molecule has 4 nitrogen and oxygen atoms in total. The molecule has 2 aliphatic heterocycles. The molecule has 0 spiro atoms. The van der Waals surface area contributed by atoms with Crippen molar-refractivity contribution in [3.8, 4) is 0 Å². The van der Waals surface area contributed by atoms with Gasteiger partial charge in [0.15, 0.2) is 10.9 Å². The van der Waals surface area contributed by atoms with Gasteiger partial charge >= 0.3 is 0 Å². The second-order valence-electron chi connectivity index (χ2n) is 5.78. The van der Waals surface area contributed by atoms with E-state index in [0.29, 0.717) is 12.3 Å². The van der Waals surface area contributed by atoms with E-state index in [1.165, 1.54) is 23.9 Å². The van der Waals surface area contributed by atoms with Crippen LogP contribution in [0, 0.1) is 5.82 Å². The van der Waals surface area contributed by atoms with E-state index in [9.17, 15) is 9.50 Å². The van der Waals surface area contributed by atoms with Crippen LogP contribution < -0.4 is 0 Å². The third-order valence-electron chi connectivity index (χ3n) is 4.30. The maximum atomic E-state index is 13.7. The molecule has 2 atom stereocenters. The quantitative estimate of drug-likeness (QED) is 0.914. The van der Waals surface area contributed by atoms with Crippen LogP contribution in [0.1, 0.15) is 29.4 Å². The maximum absolute atomic E-state index is 13.7. The van der Waals surface area contributed by atoms with Crippen LogP contribution in [0.2, 0.25) is 0 Å². The number of aliphatic imine (C=N–C) groups is 1. The summed E-state index contributed by atoms with van der Waals surface area (Å²) in [6.07, 6.45) is 3.50. The summed E-state index contributed by atoms with van der Waals surface area (Å²) in [5, 5.41) is 12.0. The zero-order chi connectivity index (χ0) is 15.9. The van der Waals surface area contributed by atoms with E-state index in [1.807, 2.05) is 11.0 Å². The van der Waals surface area contributed by atoms with E-state index in [4.69, 9.17) is 4.42 Å². The zero-order valence-electron chi connectivity index (χ0n) is 12.5. The van der Waals surface area contributed by atoms with Crippen molar-refractivity contribution in [1.29, 1.82) is 0 Å². The van der Waals surface area contributed by atoms with E-state index < -0.39 is 5.72 Å². The first-order valence-electron chi connectivity index (χ1n) is 7.70. The van der Waals surface area contributed by atoms with Gasteiger partial charge in [-0.05, 0) is 42.7 Å². The van der Waals surface area contributed by atoms with E-state index in [1.54, 1.807) is 24.5 Å². The van der Waals surface area contributed by atoms with Crippen LogP contribution in [-0.4, -0.2) is 28.3 Å². The molecule has 0 bridgehead atoms. The Balaban J connectivity index is 1.85. The molecule has 120 valence electrons. The van der Waals surface area contributed by atoms with Crippen molar-refractivity contribution >= 4 is 16.9 Å². The average Bonchev–Trinajstić information content (AvgIpc) is 3.10. The number of furan rings is 1. The summed E-state index contributed by atoms with van der Waals surface area (Å²) in [6.45, 7) is 1.46. The van der Waals surface area contributed by atoms with Crippen LogP contribution in [0.15, 0.2) is 52.1 Å². The number of nitrogens with zero attached hydrogens (tertiary/aromatic N) is 2. The predicted molar refractivity (Wildman–Crippen MR) is 87.6 cm³/mol. The molecule has 0 radical (unpaired) electrons. The summed E-state index contributed by atoms with van der Waals surface area (Å²) in [4.78, 5) is 6.50. The molecule has 3 heterocycles. The molecule has 2 unspecified atom stereocenters. The van der Waals surface area contributed by atoms with Crippen molar-refractivity contribution < 1.29 is 13.9 Å². The predicted octanol–water partition coefficient (Wildman–Crippen LogP) is 3.50. The van der Waals surface area contributed by atoms with Crippen LogP contribution >= 0.6 is 11.8 Å². The molecule has 1 aromatic heterocycles. The van der Waals surface area contributed by atoms with Gasteiger partial charge in [0.1, 0.15) is 5.82 Å². The number of halogens is 1. The summed E-state index contributed by atoms with van der Waals surface area (Å²) in [5.74, 6) is 0.153. The largest absolute Gasteiger partial charge is 0.464 e. The van der Waals surface area contributed by atoms with E-state index in [-0.39, 0.29) is 11.1 Å². The normalized spacial score (nSPS) is 27.5. The average molecular weight is 332 g/mol. The summed E-state index contributed by atoms with van der Waals surface area (Å²) in [6, 6.07) is 9.90. The summed E-state index contributed by atoms with van der Waals surface area (Å²) in [7, 11) is 0. The molecule has 0 saturated carbocycles. The molecule has 4 rings (SSSR count). The Morgan fingerprint density at radius 1 is 1.30 bits per heavy atom. The molecular weight excluding hydrogens is 315 g/mol. The number of rotatable bonds is 2. The molecule has 2 aromatic rings. The smallest absolute Gasteiger partial charge is 0.216 e. The molecule has 0 aliphatic carbocycles. The Morgan fingerprint density at radius 2 is 2.22 bits per heavy atom. The molecule has 2 aliphatic rings. The Hall–Kier alpha value is -1.79. The van der Waals surface area contributed by atoms with E-state index in [0.717, 1.165) is 30.1 Å². The Morgan fingerprint density at radius 3 is 3.00 bits per heavy atom. The second-order valence-corrected chi connectivity index (χ2v) is 6.85. The Kier molecular flexibility index (Phi) is 3.66. The molecule has 1 aromatic carbocycles. The van der Waals surface area contributed by atoms with Gasteiger partial charge < -0.3 is 14.4 Å². The highest BCUT2D eigenvalue weighted by Gasteiger charge is 2.55. The lowest BCUT2D eigenvalue weighted by molar-refractivity contribution is -0.0875. The number of fused-ring (bicyclic) bond motifs is 1. The van der Waals surface area contributed by atoms with Crippen molar-refractivity contribution in [2.24, 2.45) is 4.99 Å². The van der Waals surface area contributed by atoms with Crippen LogP contribution in [0.5, 0.6) is 0 Å². The van der Waals surface area contributed by atoms with Crippen LogP contribution in [0.25, 0.3) is 0 Å². The van der Waals surface area contributed by atoms with Gasteiger partial charge in [0, 0.05) is 13.1 Å². The number of aliphatic hydroxyl groups is 1. The summed E-state index contributed by atoms with van der Waals surface area (Å²) < 4.78 is 19.2. The van der Waals surface area contributed by atoms with Crippen molar-refractivity contribution in [2.75, 3.05) is 13.1 Å². The fraction of sp³-hybridized carbons (Fsp3) is 0.353. The minimum atomic E-state index is -1.36. The number of hydrogen-bond acceptors (Lipinski definition) is 5. The van der Waals surface area contributed by atoms with Gasteiger partial charge in [-0.3, -0.25) is 4.99 Å². The van der Waals surface area contributed by atoms with Gasteiger partial charge in [-0.2, -0.15) is 0 Å². The fourth-order valence-corrected chi connectivity index (χ4v) is 4.63. The van der Waals surface area contributed by atoms with E-state index in [2.05, 4.69) is 4.99 Å². The molecule has 6 heteroatoms. The highest BCUT2D eigenvalue weighted by atomic mass is 32.2. The van der Waals surface area contributed by atoms with Gasteiger partial charge in [0.05, 0.1) is 11.5 Å². The van der Waals surface area contributed by atoms with Gasteiger partial charge in [0.2, 0.25) is 5.72 Å². The number of hydrogen-bond donors (Lipinski definition) is 1. The highest BCUT2D eigenvalue weighted by molar-refractivity contribution is 8.14. The van der Waals surface area contributed by atoms with Gasteiger partial charge in [-0.25, -0.2) is 4.39 Å². The minimum absolute atomic E-state index is 0.311. The molecule has 1 saturated heterocycles. The first-order chi connectivity index (χ1) is 11.2. The highest BCUT2D eigenvalue weighted by Crippen LogP contribution is 2.54. The topological polar surface area (TPSA) is 49.0 Å². The third kappa shape index (κ3) is 2.37. The summed E-state index contributed by atoms with van der Waals surface area (Å²) in [5.41, 5.74) is -0.629. The molecular formula is C17H17FN2O2S. The van der Waals surface area contributed by atoms with Crippen molar-refractivity contribution in [3.05, 3.63) is 59.8 Å². The molecule has 0 amide bonds. The number of amidine groups is 1. The molecule has 23 heavy (non-hydrogen) atoms. The Labute approximate surface area is 138 Å². The Bertz CT molecular complexity index is 734. The van der Waals surface area contributed by atoms with Crippen molar-refractivity contribution in [3.63, 3.8) is 0 Å². The van der Waals surface area contributed by atoms with E-state index >= 15 is 0 Å². The van der Waals surface area contributed by atoms with Crippen LogP contribution in [0.4, 0.5) is 4.39 Å². The third-order valence-corrected chi connectivity index (χ3v) is 5.70. The van der Waals surface area contributed by atoms with Gasteiger partial charge in [-0.1, -0.05) is 23.9 Å². The van der Waals surface area contributed by atoms with Crippen molar-refractivity contribution in [1.82, 2.24) is 4.90 Å². The first-order valence-corrected chi connectivity index (χ1v) is 8.58. The molecule has 1 fully saturated rings. The van der Waals surface area contributed by atoms with Crippen LogP contribution in [-0.2, 0) is 5.72 Å². The van der Waals surface area contributed by atoms with Crippen LogP contribution in [0.3, 0.4) is 0 Å². The summed E-state index contributed by atoms with van der Waals surface area (Å²) >= 11 is 1.47.